The second-order valence-electron chi connectivity index (χ2n) is 6.22. The Kier molecular flexibility index (Phi) is 4.01. The van der Waals surface area contributed by atoms with Gasteiger partial charge < -0.3 is 10.2 Å². The summed E-state index contributed by atoms with van der Waals surface area (Å²) in [4.78, 5) is 18.9. The minimum Gasteiger partial charge on any atom is -0.366 e. The zero-order valence-corrected chi connectivity index (χ0v) is 14.0. The van der Waals surface area contributed by atoms with Crippen molar-refractivity contribution in [3.63, 3.8) is 0 Å². The van der Waals surface area contributed by atoms with Crippen LogP contribution in [0.2, 0.25) is 0 Å². The Balaban J connectivity index is 1.39. The first kappa shape index (κ1) is 15.5. The molecule has 4 rings (SSSR count). The first-order valence-corrected chi connectivity index (χ1v) is 8.35. The van der Waals surface area contributed by atoms with Crippen LogP contribution in [-0.4, -0.2) is 54.7 Å². The fourth-order valence-electron chi connectivity index (χ4n) is 3.06. The summed E-state index contributed by atoms with van der Waals surface area (Å²) in [7, 11) is 0. The van der Waals surface area contributed by atoms with Crippen molar-refractivity contribution in [2.75, 3.05) is 18.4 Å². The molecule has 25 heavy (non-hydrogen) atoms. The number of hydrogen-bond acceptors (Lipinski definition) is 6. The molecule has 1 aliphatic rings. The first-order chi connectivity index (χ1) is 12.2. The van der Waals surface area contributed by atoms with Crippen molar-refractivity contribution in [3.05, 3.63) is 48.0 Å². The largest absolute Gasteiger partial charge is 0.366 e. The summed E-state index contributed by atoms with van der Waals surface area (Å²) in [6.45, 7) is 3.30. The third-order valence-corrected chi connectivity index (χ3v) is 4.44. The molecule has 0 spiro atoms. The van der Waals surface area contributed by atoms with Crippen molar-refractivity contribution in [2.45, 2.75) is 25.8 Å². The zero-order chi connectivity index (χ0) is 17.2. The number of nitrogens with one attached hydrogen (secondary N) is 1. The maximum absolute atomic E-state index is 12.8. The Morgan fingerprint density at radius 1 is 1.24 bits per heavy atom. The third kappa shape index (κ3) is 3.15. The molecule has 1 amide bonds. The van der Waals surface area contributed by atoms with Gasteiger partial charge in [-0.3, -0.25) is 4.79 Å². The number of piperidine rings is 1. The average Bonchev–Trinajstić information content (AvgIpc) is 3.08. The quantitative estimate of drug-likeness (QED) is 0.780. The van der Waals surface area contributed by atoms with Crippen LogP contribution in [0.5, 0.6) is 0 Å². The van der Waals surface area contributed by atoms with E-state index in [2.05, 4.69) is 25.6 Å². The van der Waals surface area contributed by atoms with Gasteiger partial charge in [-0.2, -0.15) is 10.2 Å². The molecule has 3 aromatic heterocycles. The van der Waals surface area contributed by atoms with Gasteiger partial charge >= 0.3 is 0 Å². The Morgan fingerprint density at radius 2 is 2.08 bits per heavy atom. The monoisotopic (exact) mass is 337 g/mol. The summed E-state index contributed by atoms with van der Waals surface area (Å²) >= 11 is 0. The molecule has 0 radical (unpaired) electrons. The van der Waals surface area contributed by atoms with Crippen LogP contribution in [0, 0.1) is 6.92 Å². The molecule has 1 aliphatic heterocycles. The van der Waals surface area contributed by atoms with Crippen LogP contribution in [0.4, 0.5) is 5.82 Å². The lowest BCUT2D eigenvalue weighted by molar-refractivity contribution is 0.0720. The number of hydrogen-bond donors (Lipinski definition) is 1. The van der Waals surface area contributed by atoms with Crippen molar-refractivity contribution < 1.29 is 4.79 Å². The Hall–Kier alpha value is -3.03. The zero-order valence-electron chi connectivity index (χ0n) is 14.0. The summed E-state index contributed by atoms with van der Waals surface area (Å²) in [5.41, 5.74) is 2.05. The van der Waals surface area contributed by atoms with Gasteiger partial charge in [0.2, 0.25) is 0 Å². The molecular formula is C17H19N7O. The number of aromatic nitrogens is 5. The molecule has 8 heteroatoms. The number of carbonyl (C=O) groups is 1. The highest BCUT2D eigenvalue weighted by Gasteiger charge is 2.26. The number of likely N-dealkylation sites (tertiary alicyclic amines) is 1. The lowest BCUT2D eigenvalue weighted by Gasteiger charge is -2.32. The van der Waals surface area contributed by atoms with Crippen LogP contribution in [0.25, 0.3) is 5.65 Å². The SMILES string of the molecule is Cc1ccc(NC2CCN(C(=O)c3cnn4cccnc34)CC2)nn1. The molecule has 8 nitrogen and oxygen atoms in total. The third-order valence-electron chi connectivity index (χ3n) is 4.44. The number of fused-ring (bicyclic) bond motifs is 1. The van der Waals surface area contributed by atoms with E-state index in [9.17, 15) is 4.79 Å². The molecule has 3 aromatic rings. The molecule has 128 valence electrons. The standard InChI is InChI=1S/C17H19N7O/c1-12-3-4-15(22-21-12)20-13-5-9-23(10-6-13)17(25)14-11-19-24-8-2-7-18-16(14)24/h2-4,7-8,11,13H,5-6,9-10H2,1H3,(H,20,22). The summed E-state index contributed by atoms with van der Waals surface area (Å²) in [6.07, 6.45) is 6.79. The van der Waals surface area contributed by atoms with Crippen molar-refractivity contribution in [3.8, 4) is 0 Å². The van der Waals surface area contributed by atoms with Gasteiger partial charge in [-0.25, -0.2) is 9.50 Å². The summed E-state index contributed by atoms with van der Waals surface area (Å²) < 4.78 is 1.62. The highest BCUT2D eigenvalue weighted by Crippen LogP contribution is 2.18. The van der Waals surface area contributed by atoms with Crippen LogP contribution < -0.4 is 5.32 Å². The minimum absolute atomic E-state index is 0.0118. The van der Waals surface area contributed by atoms with Crippen LogP contribution in [0.1, 0.15) is 28.9 Å². The normalized spacial score (nSPS) is 15.5. The van der Waals surface area contributed by atoms with Gasteiger partial charge in [0.15, 0.2) is 5.65 Å². The number of amides is 1. The van der Waals surface area contributed by atoms with E-state index < -0.39 is 0 Å². The molecule has 0 aliphatic carbocycles. The lowest BCUT2D eigenvalue weighted by Crippen LogP contribution is -2.42. The van der Waals surface area contributed by atoms with Gasteiger partial charge in [-0.15, -0.1) is 5.10 Å². The highest BCUT2D eigenvalue weighted by molar-refractivity contribution is 5.99. The highest BCUT2D eigenvalue weighted by atomic mass is 16.2. The second kappa shape index (κ2) is 6.46. The average molecular weight is 337 g/mol. The molecule has 1 fully saturated rings. The molecular weight excluding hydrogens is 318 g/mol. The molecule has 1 saturated heterocycles. The van der Waals surface area contributed by atoms with E-state index in [-0.39, 0.29) is 5.91 Å². The van der Waals surface area contributed by atoms with E-state index in [0.717, 1.165) is 24.4 Å². The van der Waals surface area contributed by atoms with Gasteiger partial charge in [0, 0.05) is 31.5 Å². The molecule has 0 bridgehead atoms. The second-order valence-corrected chi connectivity index (χ2v) is 6.22. The van der Waals surface area contributed by atoms with Gasteiger partial charge in [0.25, 0.3) is 5.91 Å². The van der Waals surface area contributed by atoms with E-state index >= 15 is 0 Å². The number of nitrogens with zero attached hydrogens (tertiary/aromatic N) is 6. The van der Waals surface area contributed by atoms with E-state index in [1.54, 1.807) is 29.2 Å². The van der Waals surface area contributed by atoms with Crippen LogP contribution in [0.15, 0.2) is 36.8 Å². The van der Waals surface area contributed by atoms with Crippen molar-refractivity contribution in [1.82, 2.24) is 29.7 Å². The topological polar surface area (TPSA) is 88.3 Å². The molecule has 0 saturated carbocycles. The van der Waals surface area contributed by atoms with Crippen molar-refractivity contribution >= 4 is 17.4 Å². The number of carbonyl (C=O) groups excluding carboxylic acids is 1. The van der Waals surface area contributed by atoms with Gasteiger partial charge in [-0.1, -0.05) is 0 Å². The van der Waals surface area contributed by atoms with E-state index in [1.807, 2.05) is 24.0 Å². The Morgan fingerprint density at radius 3 is 2.84 bits per heavy atom. The smallest absolute Gasteiger partial charge is 0.259 e. The van der Waals surface area contributed by atoms with Crippen LogP contribution >= 0.6 is 0 Å². The van der Waals surface area contributed by atoms with Crippen LogP contribution in [0.3, 0.4) is 0 Å². The first-order valence-electron chi connectivity index (χ1n) is 8.35. The van der Waals surface area contributed by atoms with Crippen LogP contribution in [-0.2, 0) is 0 Å². The fourth-order valence-corrected chi connectivity index (χ4v) is 3.06. The maximum Gasteiger partial charge on any atom is 0.259 e. The predicted octanol–water partition coefficient (Wildman–Crippen LogP) is 1.54. The Bertz CT molecular complexity index is 881. The molecule has 4 heterocycles. The molecule has 0 unspecified atom stereocenters. The molecule has 0 atom stereocenters. The summed E-state index contributed by atoms with van der Waals surface area (Å²) in [5.74, 6) is 0.768. The fraction of sp³-hybridized carbons (Fsp3) is 0.353. The van der Waals surface area contributed by atoms with E-state index in [1.165, 1.54) is 0 Å². The van der Waals surface area contributed by atoms with Gasteiger partial charge in [0.1, 0.15) is 11.4 Å². The molecule has 0 aromatic carbocycles. The van der Waals surface area contributed by atoms with Crippen molar-refractivity contribution in [2.24, 2.45) is 0 Å². The predicted molar refractivity (Wildman–Crippen MR) is 92.3 cm³/mol. The number of rotatable bonds is 3. The lowest BCUT2D eigenvalue weighted by atomic mass is 10.0. The van der Waals surface area contributed by atoms with E-state index in [0.29, 0.717) is 30.3 Å². The van der Waals surface area contributed by atoms with Crippen molar-refractivity contribution in [1.29, 1.82) is 0 Å². The number of anilines is 1. The summed E-state index contributed by atoms with van der Waals surface area (Å²) in [6, 6.07) is 5.96. The summed E-state index contributed by atoms with van der Waals surface area (Å²) in [5, 5.41) is 15.8. The van der Waals surface area contributed by atoms with E-state index in [4.69, 9.17) is 0 Å². The Labute approximate surface area is 144 Å². The van der Waals surface area contributed by atoms with Gasteiger partial charge in [0.05, 0.1) is 11.9 Å². The minimum atomic E-state index is -0.0118. The molecule has 1 N–H and O–H groups in total. The van der Waals surface area contributed by atoms with Gasteiger partial charge in [-0.05, 0) is 38.0 Å². The number of aryl methyl sites for hydroxylation is 1. The maximum atomic E-state index is 12.8.